The van der Waals surface area contributed by atoms with Gasteiger partial charge in [-0.3, -0.25) is 9.36 Å². The average Bonchev–Trinajstić information content (AvgIpc) is 3.22. The van der Waals surface area contributed by atoms with Gasteiger partial charge in [0.25, 0.3) is 5.56 Å². The smallest absolute Gasteiger partial charge is 0.387 e. The molecule has 4 rings (SSSR count). The number of hydrogen-bond acceptors (Lipinski definition) is 8. The number of ether oxygens (including phenoxy) is 1. The van der Waals surface area contributed by atoms with Crippen LogP contribution in [-0.2, 0) is 0 Å². The number of aromatic nitrogens is 4. The van der Waals surface area contributed by atoms with Gasteiger partial charge in [0.1, 0.15) is 5.82 Å². The summed E-state index contributed by atoms with van der Waals surface area (Å²) in [5, 5.41) is 16.3. The Balaban J connectivity index is 1.33. The van der Waals surface area contributed by atoms with Gasteiger partial charge in [-0.05, 0) is 50.5 Å². The van der Waals surface area contributed by atoms with Crippen LogP contribution < -0.4 is 20.9 Å². The molecule has 1 aliphatic rings. The lowest BCUT2D eigenvalue weighted by atomic mass is 10.2. The molecule has 3 aromatic heterocycles. The van der Waals surface area contributed by atoms with Gasteiger partial charge >= 0.3 is 6.61 Å². The number of aliphatic hydroxyl groups is 1. The van der Waals surface area contributed by atoms with Crippen molar-refractivity contribution in [1.82, 2.24) is 19.5 Å². The lowest BCUT2D eigenvalue weighted by Gasteiger charge is -2.16. The summed E-state index contributed by atoms with van der Waals surface area (Å²) in [6.45, 7) is -1.36. The van der Waals surface area contributed by atoms with Crippen LogP contribution in [0.4, 0.5) is 20.5 Å². The van der Waals surface area contributed by atoms with Crippen LogP contribution in [0, 0.1) is 0 Å². The van der Waals surface area contributed by atoms with E-state index >= 15 is 0 Å². The summed E-state index contributed by atoms with van der Waals surface area (Å²) in [6, 6.07) is 7.24. The van der Waals surface area contributed by atoms with Crippen molar-refractivity contribution >= 4 is 11.8 Å². The maximum absolute atomic E-state index is 12.5. The van der Waals surface area contributed by atoms with Crippen molar-refractivity contribution in [3.63, 3.8) is 0 Å². The second-order valence-electron chi connectivity index (χ2n) is 7.83. The summed E-state index contributed by atoms with van der Waals surface area (Å²) in [5.41, 5.74) is 0.649. The van der Waals surface area contributed by atoms with Crippen molar-refractivity contribution in [2.45, 2.75) is 51.0 Å². The number of aliphatic hydroxyl groups excluding tert-OH is 1. The molecular weight excluding hydrogens is 434 g/mol. The van der Waals surface area contributed by atoms with Crippen molar-refractivity contribution in [1.29, 1.82) is 0 Å². The molecule has 0 aromatic carbocycles. The minimum atomic E-state index is -2.91. The number of rotatable bonds is 8. The van der Waals surface area contributed by atoms with Gasteiger partial charge in [-0.1, -0.05) is 0 Å². The van der Waals surface area contributed by atoms with E-state index in [-0.39, 0.29) is 23.4 Å². The monoisotopic (exact) mass is 458 g/mol. The van der Waals surface area contributed by atoms with E-state index in [0.29, 0.717) is 23.0 Å². The summed E-state index contributed by atoms with van der Waals surface area (Å²) in [5.74, 6) is 0.958. The molecular formula is C22H24F2N6O3. The van der Waals surface area contributed by atoms with Crippen LogP contribution in [0.1, 0.15) is 37.9 Å². The van der Waals surface area contributed by atoms with Crippen LogP contribution in [0.5, 0.6) is 5.75 Å². The Morgan fingerprint density at radius 3 is 2.45 bits per heavy atom. The van der Waals surface area contributed by atoms with Gasteiger partial charge in [0.15, 0.2) is 5.75 Å². The molecule has 33 heavy (non-hydrogen) atoms. The molecule has 3 aromatic rings. The van der Waals surface area contributed by atoms with Crippen LogP contribution in [0.15, 0.2) is 53.8 Å². The fraction of sp³-hybridized carbons (Fsp3) is 0.364. The van der Waals surface area contributed by atoms with Crippen LogP contribution in [0.25, 0.3) is 5.69 Å². The Morgan fingerprint density at radius 1 is 1.09 bits per heavy atom. The van der Waals surface area contributed by atoms with E-state index in [9.17, 15) is 18.7 Å². The van der Waals surface area contributed by atoms with E-state index in [0.717, 1.165) is 19.3 Å². The lowest BCUT2D eigenvalue weighted by molar-refractivity contribution is -0.0503. The quantitative estimate of drug-likeness (QED) is 0.472. The normalized spacial score (nSPS) is 18.8. The van der Waals surface area contributed by atoms with Crippen LogP contribution in [-0.4, -0.2) is 43.3 Å². The van der Waals surface area contributed by atoms with Crippen molar-refractivity contribution in [3.8, 4) is 11.4 Å². The van der Waals surface area contributed by atoms with Gasteiger partial charge in [0.2, 0.25) is 5.95 Å². The third-order valence-electron chi connectivity index (χ3n) is 5.42. The first-order valence-corrected chi connectivity index (χ1v) is 10.5. The number of anilines is 2. The molecule has 1 fully saturated rings. The van der Waals surface area contributed by atoms with Gasteiger partial charge < -0.3 is 20.5 Å². The molecule has 0 spiro atoms. The molecule has 174 valence electrons. The number of nitrogens with one attached hydrogen (secondary N) is 2. The number of pyridine rings is 2. The fourth-order valence-electron chi connectivity index (χ4n) is 3.84. The molecule has 0 amide bonds. The second-order valence-corrected chi connectivity index (χ2v) is 7.83. The molecule has 1 saturated carbocycles. The van der Waals surface area contributed by atoms with E-state index in [2.05, 4.69) is 30.3 Å². The Kier molecular flexibility index (Phi) is 6.78. The number of alkyl halides is 2. The van der Waals surface area contributed by atoms with Crippen molar-refractivity contribution < 1.29 is 18.6 Å². The zero-order chi connectivity index (χ0) is 23.4. The summed E-state index contributed by atoms with van der Waals surface area (Å²) in [4.78, 5) is 25.0. The van der Waals surface area contributed by atoms with Crippen LogP contribution in [0.3, 0.4) is 0 Å². The van der Waals surface area contributed by atoms with Gasteiger partial charge in [0, 0.05) is 23.8 Å². The highest BCUT2D eigenvalue weighted by atomic mass is 19.3. The summed E-state index contributed by atoms with van der Waals surface area (Å²) in [6.07, 6.45) is 7.41. The van der Waals surface area contributed by atoms with Gasteiger partial charge in [-0.15, -0.1) is 0 Å². The summed E-state index contributed by atoms with van der Waals surface area (Å²) >= 11 is 0. The highest BCUT2D eigenvalue weighted by molar-refractivity contribution is 5.42. The summed E-state index contributed by atoms with van der Waals surface area (Å²) in [7, 11) is 0. The van der Waals surface area contributed by atoms with Gasteiger partial charge in [-0.2, -0.15) is 8.78 Å². The zero-order valence-electron chi connectivity index (χ0n) is 17.9. The number of halogens is 2. The second kappa shape index (κ2) is 9.90. The van der Waals surface area contributed by atoms with Crippen LogP contribution in [0.2, 0.25) is 0 Å². The third-order valence-corrected chi connectivity index (χ3v) is 5.42. The third kappa shape index (κ3) is 5.61. The molecule has 0 radical (unpaired) electrons. The SMILES string of the molecule is CC(O)c1cccn(-c2ccc(N[C@H]3CC[C@H](Nc4ncc(OC(F)F)cn4)C3)nc2)c1=O. The molecule has 1 unspecified atom stereocenters. The number of nitrogens with zero attached hydrogens (tertiary/aromatic N) is 4. The highest BCUT2D eigenvalue weighted by Crippen LogP contribution is 2.25. The minimum Gasteiger partial charge on any atom is -0.432 e. The van der Waals surface area contributed by atoms with Gasteiger partial charge in [0.05, 0.1) is 30.4 Å². The van der Waals surface area contributed by atoms with E-state index in [1.54, 1.807) is 37.5 Å². The van der Waals surface area contributed by atoms with E-state index in [1.165, 1.54) is 17.0 Å². The first-order chi connectivity index (χ1) is 15.9. The van der Waals surface area contributed by atoms with E-state index < -0.39 is 12.7 Å². The minimum absolute atomic E-state index is 0.0871. The summed E-state index contributed by atoms with van der Waals surface area (Å²) < 4.78 is 30.1. The largest absolute Gasteiger partial charge is 0.432 e. The molecule has 9 nitrogen and oxygen atoms in total. The molecule has 3 atom stereocenters. The highest BCUT2D eigenvalue weighted by Gasteiger charge is 2.25. The molecule has 1 aliphatic carbocycles. The topological polar surface area (TPSA) is 114 Å². The lowest BCUT2D eigenvalue weighted by Crippen LogP contribution is -2.23. The van der Waals surface area contributed by atoms with E-state index in [1.807, 2.05) is 6.07 Å². The predicted molar refractivity (Wildman–Crippen MR) is 118 cm³/mol. The molecule has 3 N–H and O–H groups in total. The molecule has 11 heteroatoms. The maximum atomic E-state index is 12.5. The first-order valence-electron chi connectivity index (χ1n) is 10.5. The zero-order valence-corrected chi connectivity index (χ0v) is 17.9. The van der Waals surface area contributed by atoms with Crippen molar-refractivity contribution in [2.75, 3.05) is 10.6 Å². The molecule has 3 heterocycles. The maximum Gasteiger partial charge on any atom is 0.387 e. The predicted octanol–water partition coefficient (Wildman–Crippen LogP) is 3.12. The Labute approximate surface area is 188 Å². The van der Waals surface area contributed by atoms with Crippen molar-refractivity contribution in [3.05, 3.63) is 65.0 Å². The Morgan fingerprint density at radius 2 is 1.82 bits per heavy atom. The van der Waals surface area contributed by atoms with Gasteiger partial charge in [-0.25, -0.2) is 15.0 Å². The Bertz CT molecular complexity index is 1120. The average molecular weight is 458 g/mol. The Hall–Kier alpha value is -3.60. The number of hydrogen-bond donors (Lipinski definition) is 3. The first kappa shape index (κ1) is 22.6. The van der Waals surface area contributed by atoms with E-state index in [4.69, 9.17) is 0 Å². The molecule has 0 aliphatic heterocycles. The standard InChI is InChI=1S/C22H24F2N6O3/c1-13(31)18-3-2-8-30(20(18)32)16-6-7-19(25-10-16)28-14-4-5-15(9-14)29-22-26-11-17(12-27-22)33-21(23)24/h2-3,6-8,10-15,21,31H,4-5,9H2,1H3,(H,25,28)(H,26,27,29)/t13?,14-,15-/m0/s1. The van der Waals surface area contributed by atoms with Crippen LogP contribution >= 0.6 is 0 Å². The molecule has 0 saturated heterocycles. The molecule has 0 bridgehead atoms. The fourth-order valence-corrected chi connectivity index (χ4v) is 3.84. The van der Waals surface area contributed by atoms with Crippen molar-refractivity contribution in [2.24, 2.45) is 0 Å².